The molecule has 6 heteroatoms. The number of pyridine rings is 1. The van der Waals surface area contributed by atoms with E-state index in [0.29, 0.717) is 29.5 Å². The minimum Gasteiger partial charge on any atom is -0.460 e. The normalized spacial score (nSPS) is 10.9. The van der Waals surface area contributed by atoms with E-state index in [0.717, 1.165) is 11.5 Å². The zero-order chi connectivity index (χ0) is 17.8. The summed E-state index contributed by atoms with van der Waals surface area (Å²) in [6, 6.07) is 10.9. The summed E-state index contributed by atoms with van der Waals surface area (Å²) in [5, 5.41) is 2.84. The van der Waals surface area contributed by atoms with Crippen LogP contribution in [0.3, 0.4) is 0 Å². The average Bonchev–Trinajstić information content (AvgIpc) is 3.06. The summed E-state index contributed by atoms with van der Waals surface area (Å²) in [5.74, 6) is 1.86. The number of carbonyl (C=O) groups excluding carboxylic acids is 1. The quantitative estimate of drug-likeness (QED) is 0.771. The third-order valence-electron chi connectivity index (χ3n) is 3.64. The maximum Gasteiger partial charge on any atom is 0.270 e. The second-order valence-corrected chi connectivity index (χ2v) is 6.07. The van der Waals surface area contributed by atoms with Crippen LogP contribution in [0, 0.1) is 6.92 Å². The van der Waals surface area contributed by atoms with Crippen LogP contribution >= 0.6 is 0 Å². The van der Waals surface area contributed by atoms with Crippen LogP contribution in [-0.4, -0.2) is 20.9 Å². The lowest BCUT2D eigenvalue weighted by molar-refractivity contribution is 0.0945. The second kappa shape index (κ2) is 7.25. The number of furan rings is 1. The molecule has 0 radical (unpaired) electrons. The SMILES string of the molecule is Cc1ccc(-c2cc(C(=O)NCc3ccccn3)nc(C(C)C)n2)o1. The topological polar surface area (TPSA) is 80.9 Å². The van der Waals surface area contributed by atoms with Crippen molar-refractivity contribution in [2.75, 3.05) is 0 Å². The van der Waals surface area contributed by atoms with Gasteiger partial charge in [-0.3, -0.25) is 9.78 Å². The lowest BCUT2D eigenvalue weighted by Crippen LogP contribution is -2.25. The fourth-order valence-corrected chi connectivity index (χ4v) is 2.30. The summed E-state index contributed by atoms with van der Waals surface area (Å²) in [4.78, 5) is 25.6. The molecule has 0 saturated heterocycles. The zero-order valence-corrected chi connectivity index (χ0v) is 14.5. The third kappa shape index (κ3) is 4.09. The Morgan fingerprint density at radius 2 is 2.04 bits per heavy atom. The van der Waals surface area contributed by atoms with Gasteiger partial charge in [0.1, 0.15) is 23.0 Å². The van der Waals surface area contributed by atoms with E-state index in [-0.39, 0.29) is 11.8 Å². The molecule has 0 aliphatic heterocycles. The van der Waals surface area contributed by atoms with Crippen molar-refractivity contribution in [2.45, 2.75) is 33.2 Å². The van der Waals surface area contributed by atoms with E-state index in [1.807, 2.05) is 51.1 Å². The molecule has 0 spiro atoms. The highest BCUT2D eigenvalue weighted by atomic mass is 16.3. The van der Waals surface area contributed by atoms with Gasteiger partial charge in [-0.05, 0) is 37.3 Å². The smallest absolute Gasteiger partial charge is 0.270 e. The molecular weight excluding hydrogens is 316 g/mol. The molecule has 0 bridgehead atoms. The molecular formula is C19H20N4O2. The van der Waals surface area contributed by atoms with E-state index in [1.54, 1.807) is 12.3 Å². The van der Waals surface area contributed by atoms with Crippen LogP contribution in [0.5, 0.6) is 0 Å². The Balaban J connectivity index is 1.86. The fraction of sp³-hybridized carbons (Fsp3) is 0.263. The summed E-state index contributed by atoms with van der Waals surface area (Å²) in [6.45, 7) is 6.19. The molecule has 0 unspecified atom stereocenters. The lowest BCUT2D eigenvalue weighted by Gasteiger charge is -2.09. The Bertz CT molecular complexity index is 872. The van der Waals surface area contributed by atoms with Gasteiger partial charge in [0.05, 0.1) is 12.2 Å². The van der Waals surface area contributed by atoms with Gasteiger partial charge in [0.25, 0.3) is 5.91 Å². The summed E-state index contributed by atoms with van der Waals surface area (Å²) < 4.78 is 5.64. The molecule has 0 aliphatic rings. The summed E-state index contributed by atoms with van der Waals surface area (Å²) in [7, 11) is 0. The molecule has 6 nitrogen and oxygen atoms in total. The van der Waals surface area contributed by atoms with Gasteiger partial charge >= 0.3 is 0 Å². The number of carbonyl (C=O) groups is 1. The first-order chi connectivity index (χ1) is 12.0. The Kier molecular flexibility index (Phi) is 4.88. The van der Waals surface area contributed by atoms with Gasteiger partial charge in [0.2, 0.25) is 0 Å². The predicted octanol–water partition coefficient (Wildman–Crippen LogP) is 3.49. The van der Waals surface area contributed by atoms with Crippen molar-refractivity contribution in [1.29, 1.82) is 0 Å². The molecule has 3 rings (SSSR count). The number of hydrogen-bond donors (Lipinski definition) is 1. The fourth-order valence-electron chi connectivity index (χ4n) is 2.30. The Morgan fingerprint density at radius 3 is 2.68 bits per heavy atom. The average molecular weight is 336 g/mol. The summed E-state index contributed by atoms with van der Waals surface area (Å²) in [6.07, 6.45) is 1.69. The second-order valence-electron chi connectivity index (χ2n) is 6.07. The highest BCUT2D eigenvalue weighted by Crippen LogP contribution is 2.22. The van der Waals surface area contributed by atoms with Crippen molar-refractivity contribution in [2.24, 2.45) is 0 Å². The number of aryl methyl sites for hydroxylation is 1. The highest BCUT2D eigenvalue weighted by Gasteiger charge is 2.16. The predicted molar refractivity (Wildman–Crippen MR) is 94.0 cm³/mol. The van der Waals surface area contributed by atoms with Gasteiger partial charge in [0.15, 0.2) is 5.76 Å². The van der Waals surface area contributed by atoms with Crippen LogP contribution in [0.2, 0.25) is 0 Å². The van der Waals surface area contributed by atoms with Gasteiger partial charge in [-0.25, -0.2) is 9.97 Å². The van der Waals surface area contributed by atoms with Crippen LogP contribution in [0.25, 0.3) is 11.5 Å². The number of hydrogen-bond acceptors (Lipinski definition) is 5. The maximum atomic E-state index is 12.5. The van der Waals surface area contributed by atoms with Gasteiger partial charge in [0, 0.05) is 12.1 Å². The molecule has 3 heterocycles. The molecule has 1 N–H and O–H groups in total. The third-order valence-corrected chi connectivity index (χ3v) is 3.64. The molecule has 128 valence electrons. The Hall–Kier alpha value is -3.02. The Morgan fingerprint density at radius 1 is 1.20 bits per heavy atom. The van der Waals surface area contributed by atoms with Gasteiger partial charge in [-0.1, -0.05) is 19.9 Å². The van der Waals surface area contributed by atoms with Crippen LogP contribution in [0.1, 0.15) is 47.5 Å². The molecule has 0 atom stereocenters. The number of rotatable bonds is 5. The van der Waals surface area contributed by atoms with Gasteiger partial charge < -0.3 is 9.73 Å². The van der Waals surface area contributed by atoms with Crippen LogP contribution in [0.4, 0.5) is 0 Å². The monoisotopic (exact) mass is 336 g/mol. The zero-order valence-electron chi connectivity index (χ0n) is 14.5. The van der Waals surface area contributed by atoms with Crippen molar-refractivity contribution < 1.29 is 9.21 Å². The standard InChI is InChI=1S/C19H20N4O2/c1-12(2)18-22-15(17-8-7-13(3)25-17)10-16(23-18)19(24)21-11-14-6-4-5-9-20-14/h4-10,12H,11H2,1-3H3,(H,21,24). The highest BCUT2D eigenvalue weighted by molar-refractivity contribution is 5.93. The van der Waals surface area contributed by atoms with E-state index in [9.17, 15) is 4.79 Å². The first kappa shape index (κ1) is 16.8. The molecule has 25 heavy (non-hydrogen) atoms. The molecule has 0 aromatic carbocycles. The van der Waals surface area contributed by atoms with E-state index in [1.165, 1.54) is 0 Å². The Labute approximate surface area is 146 Å². The van der Waals surface area contributed by atoms with Crippen molar-refractivity contribution in [1.82, 2.24) is 20.3 Å². The van der Waals surface area contributed by atoms with Crippen molar-refractivity contribution in [3.05, 3.63) is 65.6 Å². The first-order valence-electron chi connectivity index (χ1n) is 8.17. The van der Waals surface area contributed by atoms with Crippen molar-refractivity contribution in [3.8, 4) is 11.5 Å². The molecule has 3 aromatic rings. The van der Waals surface area contributed by atoms with E-state index in [2.05, 4.69) is 20.3 Å². The summed E-state index contributed by atoms with van der Waals surface area (Å²) in [5.41, 5.74) is 1.71. The molecule has 0 aliphatic carbocycles. The van der Waals surface area contributed by atoms with E-state index in [4.69, 9.17) is 4.42 Å². The first-order valence-corrected chi connectivity index (χ1v) is 8.17. The number of nitrogens with one attached hydrogen (secondary N) is 1. The van der Waals surface area contributed by atoms with E-state index < -0.39 is 0 Å². The van der Waals surface area contributed by atoms with Gasteiger partial charge in [-0.2, -0.15) is 0 Å². The molecule has 0 fully saturated rings. The number of aromatic nitrogens is 3. The molecule has 1 amide bonds. The van der Waals surface area contributed by atoms with Crippen molar-refractivity contribution >= 4 is 5.91 Å². The minimum atomic E-state index is -0.264. The van der Waals surface area contributed by atoms with Crippen molar-refractivity contribution in [3.63, 3.8) is 0 Å². The number of nitrogens with zero attached hydrogens (tertiary/aromatic N) is 3. The molecule has 3 aromatic heterocycles. The van der Waals surface area contributed by atoms with E-state index >= 15 is 0 Å². The number of amides is 1. The van der Waals surface area contributed by atoms with Crippen LogP contribution < -0.4 is 5.32 Å². The van der Waals surface area contributed by atoms with Crippen LogP contribution in [-0.2, 0) is 6.54 Å². The summed E-state index contributed by atoms with van der Waals surface area (Å²) >= 11 is 0. The molecule has 0 saturated carbocycles. The maximum absolute atomic E-state index is 12.5. The lowest BCUT2D eigenvalue weighted by atomic mass is 10.1. The van der Waals surface area contributed by atoms with Crippen LogP contribution in [0.15, 0.2) is 47.0 Å². The van der Waals surface area contributed by atoms with Gasteiger partial charge in [-0.15, -0.1) is 0 Å². The largest absolute Gasteiger partial charge is 0.460 e. The minimum absolute atomic E-state index is 0.0957.